The van der Waals surface area contributed by atoms with E-state index in [2.05, 4.69) is 55.6 Å². The van der Waals surface area contributed by atoms with Crippen molar-refractivity contribution in [2.45, 2.75) is 209 Å². The van der Waals surface area contributed by atoms with Gasteiger partial charge in [-0.2, -0.15) is 0 Å². The predicted molar refractivity (Wildman–Crippen MR) is 226 cm³/mol. The lowest BCUT2D eigenvalue weighted by Crippen LogP contribution is -2.65. The maximum Gasteiger partial charge on any atom is 0.220 e. The van der Waals surface area contributed by atoms with E-state index >= 15 is 0 Å². The Labute approximate surface area is 353 Å². The summed E-state index contributed by atoms with van der Waals surface area (Å²) in [5.74, 6) is -0.269. The Morgan fingerprint density at radius 3 is 1.66 bits per heavy atom. The lowest BCUT2D eigenvalue weighted by atomic mass is 9.97. The van der Waals surface area contributed by atoms with Gasteiger partial charge in [-0.25, -0.2) is 0 Å². The SMILES string of the molecule is CCCCC/C=C\CCCCCCCC(=O)NC(COC1OC(CO)C(OC2OC(CO)C(O)C(O)C2O)C(O)C1O)C(O)/C=C/CC/C=C/CC/C=C/CCCCC. The Hall–Kier alpha value is -2.05. The number of hydrogen-bond acceptors (Lipinski definition) is 13. The minimum atomic E-state index is -1.79. The number of unbranched alkanes of at least 4 members (excludes halogenated alkanes) is 13. The van der Waals surface area contributed by atoms with Gasteiger partial charge >= 0.3 is 0 Å². The second kappa shape index (κ2) is 32.6. The van der Waals surface area contributed by atoms with Crippen LogP contribution in [-0.4, -0.2) is 140 Å². The molecule has 2 aliphatic rings. The number of carbonyl (C=O) groups is 1. The molecule has 0 aliphatic carbocycles. The number of ether oxygens (including phenoxy) is 4. The van der Waals surface area contributed by atoms with Crippen LogP contribution in [0.2, 0.25) is 0 Å². The molecule has 0 aromatic rings. The van der Waals surface area contributed by atoms with E-state index in [0.717, 1.165) is 64.2 Å². The monoisotopic (exact) mass is 842 g/mol. The number of aliphatic hydroxyl groups is 8. The quantitative estimate of drug-likeness (QED) is 0.0343. The van der Waals surface area contributed by atoms with Crippen LogP contribution in [0.5, 0.6) is 0 Å². The van der Waals surface area contributed by atoms with E-state index in [4.69, 9.17) is 18.9 Å². The Kier molecular flexibility index (Phi) is 29.4. The first-order chi connectivity index (χ1) is 28.6. The maximum atomic E-state index is 13.1. The second-order valence-electron chi connectivity index (χ2n) is 15.8. The van der Waals surface area contributed by atoms with Gasteiger partial charge in [0.05, 0.1) is 32.0 Å². The third kappa shape index (κ3) is 21.1. The molecule has 12 unspecified atom stereocenters. The van der Waals surface area contributed by atoms with Crippen molar-refractivity contribution in [2.75, 3.05) is 19.8 Å². The first-order valence-electron chi connectivity index (χ1n) is 22.4. The van der Waals surface area contributed by atoms with E-state index in [1.807, 2.05) is 6.08 Å². The smallest absolute Gasteiger partial charge is 0.220 e. The van der Waals surface area contributed by atoms with Gasteiger partial charge in [-0.05, 0) is 70.6 Å². The normalized spacial score (nSPS) is 29.0. The topological polar surface area (TPSA) is 228 Å². The van der Waals surface area contributed by atoms with Crippen LogP contribution in [-0.2, 0) is 23.7 Å². The summed E-state index contributed by atoms with van der Waals surface area (Å²) in [7, 11) is 0. The predicted octanol–water partition coefficient (Wildman–Crippen LogP) is 4.15. The molecule has 0 spiro atoms. The number of hydrogen-bond donors (Lipinski definition) is 9. The molecule has 2 aliphatic heterocycles. The summed E-state index contributed by atoms with van der Waals surface area (Å²) in [6, 6.07) is -0.939. The summed E-state index contributed by atoms with van der Waals surface area (Å²) < 4.78 is 22.6. The summed E-state index contributed by atoms with van der Waals surface area (Å²) in [6.45, 7) is 2.65. The average molecular weight is 842 g/mol. The molecule has 2 rings (SSSR count). The van der Waals surface area contributed by atoms with Gasteiger partial charge in [-0.1, -0.05) is 107 Å². The van der Waals surface area contributed by atoms with Crippen molar-refractivity contribution in [1.29, 1.82) is 0 Å². The molecule has 9 N–H and O–H groups in total. The zero-order valence-corrected chi connectivity index (χ0v) is 35.7. The molecule has 0 radical (unpaired) electrons. The van der Waals surface area contributed by atoms with Crippen LogP contribution in [0.25, 0.3) is 0 Å². The van der Waals surface area contributed by atoms with E-state index in [0.29, 0.717) is 12.8 Å². The van der Waals surface area contributed by atoms with Gasteiger partial charge in [0, 0.05) is 6.42 Å². The van der Waals surface area contributed by atoms with Crippen LogP contribution in [0.3, 0.4) is 0 Å². The number of carbonyl (C=O) groups excluding carboxylic acids is 1. The van der Waals surface area contributed by atoms with E-state index < -0.39 is 86.8 Å². The van der Waals surface area contributed by atoms with Gasteiger partial charge in [0.2, 0.25) is 5.91 Å². The van der Waals surface area contributed by atoms with Crippen molar-refractivity contribution >= 4 is 5.91 Å². The van der Waals surface area contributed by atoms with Crippen LogP contribution in [0, 0.1) is 0 Å². The van der Waals surface area contributed by atoms with Gasteiger partial charge in [0.15, 0.2) is 12.6 Å². The summed E-state index contributed by atoms with van der Waals surface area (Å²) in [4.78, 5) is 13.1. The standard InChI is InChI=1S/C45H79NO13/c1-3-5-7-9-11-13-15-17-18-20-22-24-26-28-34(49)33(46-37(50)29-27-25-23-21-19-16-14-12-10-8-6-4-2)32-56-44-42(55)40(53)43(36(31-48)58-44)59-45-41(54)39(52)38(51)35(30-47)57-45/h11-14,18,20,26,28,33-36,38-45,47-49,51-55H,3-10,15-17,19,21-25,27,29-32H2,1-2H3,(H,46,50)/b13-11+,14-12-,20-18+,28-26+. The van der Waals surface area contributed by atoms with Crippen molar-refractivity contribution in [3.8, 4) is 0 Å². The maximum absolute atomic E-state index is 13.1. The van der Waals surface area contributed by atoms with E-state index in [-0.39, 0.29) is 18.9 Å². The highest BCUT2D eigenvalue weighted by atomic mass is 16.7. The van der Waals surface area contributed by atoms with Crippen LogP contribution < -0.4 is 5.32 Å². The van der Waals surface area contributed by atoms with Crippen molar-refractivity contribution in [2.24, 2.45) is 0 Å². The van der Waals surface area contributed by atoms with Gasteiger partial charge in [0.25, 0.3) is 0 Å². The summed E-state index contributed by atoms with van der Waals surface area (Å²) in [5, 5.41) is 86.3. The Balaban J connectivity index is 1.95. The van der Waals surface area contributed by atoms with Gasteiger partial charge in [0.1, 0.15) is 48.8 Å². The molecule has 14 heteroatoms. The van der Waals surface area contributed by atoms with Crippen molar-refractivity contribution in [1.82, 2.24) is 5.32 Å². The molecule has 1 amide bonds. The zero-order chi connectivity index (χ0) is 43.3. The number of amides is 1. The fourth-order valence-electron chi connectivity index (χ4n) is 6.96. The third-order valence-electron chi connectivity index (χ3n) is 10.7. The highest BCUT2D eigenvalue weighted by Gasteiger charge is 2.50. The van der Waals surface area contributed by atoms with E-state index in [1.54, 1.807) is 6.08 Å². The molecule has 2 fully saturated rings. The summed E-state index contributed by atoms with van der Waals surface area (Å²) in [5.41, 5.74) is 0. The summed E-state index contributed by atoms with van der Waals surface area (Å²) in [6.07, 6.45) is 18.8. The minimum absolute atomic E-state index is 0.258. The van der Waals surface area contributed by atoms with Crippen LogP contribution in [0.15, 0.2) is 48.6 Å². The highest BCUT2D eigenvalue weighted by molar-refractivity contribution is 5.76. The molecule has 2 saturated heterocycles. The molecule has 0 aromatic heterocycles. The van der Waals surface area contributed by atoms with Crippen molar-refractivity contribution in [3.63, 3.8) is 0 Å². The molecule has 59 heavy (non-hydrogen) atoms. The highest BCUT2D eigenvalue weighted by Crippen LogP contribution is 2.30. The molecule has 2 heterocycles. The molecule has 14 nitrogen and oxygen atoms in total. The number of nitrogens with one attached hydrogen (secondary N) is 1. The first kappa shape index (κ1) is 53.1. The van der Waals surface area contributed by atoms with Gasteiger partial charge in [-0.3, -0.25) is 4.79 Å². The van der Waals surface area contributed by atoms with Crippen LogP contribution >= 0.6 is 0 Å². The second-order valence-corrected chi connectivity index (χ2v) is 15.8. The molecule has 0 saturated carbocycles. The molecule has 12 atom stereocenters. The molecule has 0 aromatic carbocycles. The van der Waals surface area contributed by atoms with Crippen LogP contribution in [0.4, 0.5) is 0 Å². The Bertz CT molecular complexity index is 1180. The Morgan fingerprint density at radius 2 is 1.08 bits per heavy atom. The third-order valence-corrected chi connectivity index (χ3v) is 10.7. The lowest BCUT2D eigenvalue weighted by molar-refractivity contribution is -0.359. The zero-order valence-electron chi connectivity index (χ0n) is 35.7. The van der Waals surface area contributed by atoms with Gasteiger partial charge in [-0.15, -0.1) is 0 Å². The van der Waals surface area contributed by atoms with Crippen molar-refractivity contribution in [3.05, 3.63) is 48.6 Å². The number of rotatable bonds is 32. The molecule has 342 valence electrons. The van der Waals surface area contributed by atoms with E-state index in [9.17, 15) is 45.6 Å². The number of allylic oxidation sites excluding steroid dienone is 7. The van der Waals surface area contributed by atoms with Crippen LogP contribution in [0.1, 0.15) is 136 Å². The molecular formula is C45H79NO13. The fraction of sp³-hybridized carbons (Fsp3) is 0.800. The van der Waals surface area contributed by atoms with Crippen molar-refractivity contribution < 1.29 is 64.6 Å². The first-order valence-corrected chi connectivity index (χ1v) is 22.4. The van der Waals surface area contributed by atoms with E-state index in [1.165, 1.54) is 38.5 Å². The van der Waals surface area contributed by atoms with Gasteiger partial charge < -0.3 is 65.1 Å². The Morgan fingerprint density at radius 1 is 0.593 bits per heavy atom. The summed E-state index contributed by atoms with van der Waals surface area (Å²) >= 11 is 0. The minimum Gasteiger partial charge on any atom is -0.394 e. The number of aliphatic hydroxyl groups excluding tert-OH is 8. The average Bonchev–Trinajstić information content (AvgIpc) is 3.23. The molecule has 0 bridgehead atoms. The largest absolute Gasteiger partial charge is 0.394 e. The lowest BCUT2D eigenvalue weighted by Gasteiger charge is -2.46. The molecular weight excluding hydrogens is 762 g/mol. The fourth-order valence-corrected chi connectivity index (χ4v) is 6.96.